The highest BCUT2D eigenvalue weighted by molar-refractivity contribution is 5.76. The van der Waals surface area contributed by atoms with E-state index >= 15 is 0 Å². The van der Waals surface area contributed by atoms with Gasteiger partial charge in [-0.3, -0.25) is 4.79 Å². The predicted molar refractivity (Wildman–Crippen MR) is 188 cm³/mol. The van der Waals surface area contributed by atoms with Crippen LogP contribution in [0.1, 0.15) is 64.2 Å². The second-order valence-electron chi connectivity index (χ2n) is 14.6. The summed E-state index contributed by atoms with van der Waals surface area (Å²) in [5, 5.41) is 75.8. The van der Waals surface area contributed by atoms with Crippen LogP contribution in [0.25, 0.3) is 0 Å². The molecule has 8 unspecified atom stereocenters. The van der Waals surface area contributed by atoms with Crippen molar-refractivity contribution in [3.63, 3.8) is 0 Å². The minimum atomic E-state index is -1.05. The van der Waals surface area contributed by atoms with Crippen molar-refractivity contribution in [3.8, 4) is 0 Å². The molecular weight excluding hydrogens is 686 g/mol. The van der Waals surface area contributed by atoms with Gasteiger partial charge in [0.05, 0.1) is 55.4 Å². The van der Waals surface area contributed by atoms with Crippen LogP contribution in [0.2, 0.25) is 0 Å². The molecule has 0 spiro atoms. The summed E-state index contributed by atoms with van der Waals surface area (Å²) in [7, 11) is 0. The van der Waals surface area contributed by atoms with E-state index in [2.05, 4.69) is 16.0 Å². The smallest absolute Gasteiger partial charge is 0.220 e. The molecule has 52 heavy (non-hydrogen) atoms. The lowest BCUT2D eigenvalue weighted by atomic mass is 9.89. The number of amides is 1. The van der Waals surface area contributed by atoms with Crippen LogP contribution in [0.15, 0.2) is 0 Å². The molecule has 1 amide bonds. The predicted octanol–water partition coefficient (Wildman–Crippen LogP) is -5.48. The number of carbonyl (C=O) groups excluding carboxylic acids is 1. The molecular formula is C33H67N7O12. The van der Waals surface area contributed by atoms with Gasteiger partial charge in [-0.1, -0.05) is 0 Å². The second kappa shape index (κ2) is 23.0. The Morgan fingerprint density at radius 1 is 0.923 bits per heavy atom. The van der Waals surface area contributed by atoms with E-state index in [1.54, 1.807) is 0 Å². The van der Waals surface area contributed by atoms with Crippen molar-refractivity contribution in [2.45, 2.75) is 149 Å². The van der Waals surface area contributed by atoms with Gasteiger partial charge in [0.2, 0.25) is 5.91 Å². The number of aliphatic hydroxyl groups is 7. The molecule has 13 atom stereocenters. The van der Waals surface area contributed by atoms with E-state index in [1.165, 1.54) is 0 Å². The lowest BCUT2D eigenvalue weighted by Crippen LogP contribution is -2.58. The molecule has 306 valence electrons. The molecule has 1 aliphatic carbocycles. The zero-order chi connectivity index (χ0) is 38.3. The maximum Gasteiger partial charge on any atom is 0.220 e. The minimum absolute atomic E-state index is 0.00833. The Bertz CT molecular complexity index is 1000. The zero-order valence-electron chi connectivity index (χ0n) is 30.2. The summed E-state index contributed by atoms with van der Waals surface area (Å²) in [6, 6.07) is -0.435. The van der Waals surface area contributed by atoms with Crippen LogP contribution < -0.4 is 38.9 Å². The molecule has 5 aliphatic rings. The van der Waals surface area contributed by atoms with Gasteiger partial charge in [-0.05, 0) is 64.6 Å². The summed E-state index contributed by atoms with van der Waals surface area (Å²) in [5.74, 6) is 0.0285. The van der Waals surface area contributed by atoms with Crippen LogP contribution in [0, 0.1) is 0 Å². The Kier molecular flexibility index (Phi) is 20.0. The van der Waals surface area contributed by atoms with Gasteiger partial charge >= 0.3 is 0 Å². The molecule has 0 aromatic heterocycles. The van der Waals surface area contributed by atoms with Crippen molar-refractivity contribution in [3.05, 3.63) is 0 Å². The zero-order valence-corrected chi connectivity index (χ0v) is 30.2. The maximum absolute atomic E-state index is 11.8. The third kappa shape index (κ3) is 15.1. The van der Waals surface area contributed by atoms with E-state index in [-0.39, 0.29) is 69.2 Å². The highest BCUT2D eigenvalue weighted by Crippen LogP contribution is 2.27. The summed E-state index contributed by atoms with van der Waals surface area (Å²) in [4.78, 5) is 11.8. The third-order valence-electron chi connectivity index (χ3n) is 10.1. The Labute approximate surface area is 306 Å². The SMILES string of the molecule is NCCCC(=O)NC1CC(N)CC(OC2CCC(CO)O2)C1.NC[C@@H]1OC[C@H](N)C(O)[C@@H]1O.OC1C[C@@H](O)OC(CNCC2(O)CCNCC2)[C@H]1O. The van der Waals surface area contributed by atoms with Crippen LogP contribution in [-0.2, 0) is 23.7 Å². The lowest BCUT2D eigenvalue weighted by molar-refractivity contribution is -0.230. The molecule has 18 N–H and O–H groups in total. The molecule has 19 heteroatoms. The second-order valence-corrected chi connectivity index (χ2v) is 14.6. The number of hydrogen-bond acceptors (Lipinski definition) is 18. The van der Waals surface area contributed by atoms with Crippen molar-refractivity contribution in [1.82, 2.24) is 16.0 Å². The van der Waals surface area contributed by atoms with Crippen molar-refractivity contribution >= 4 is 5.91 Å². The van der Waals surface area contributed by atoms with Gasteiger partial charge in [0.15, 0.2) is 12.6 Å². The van der Waals surface area contributed by atoms with Gasteiger partial charge in [-0.25, -0.2) is 0 Å². The molecule has 0 bridgehead atoms. The van der Waals surface area contributed by atoms with Crippen LogP contribution in [0.4, 0.5) is 0 Å². The lowest BCUT2D eigenvalue weighted by Gasteiger charge is -2.37. The first-order valence-corrected chi connectivity index (χ1v) is 18.7. The first-order chi connectivity index (χ1) is 24.8. The molecule has 4 aliphatic heterocycles. The largest absolute Gasteiger partial charge is 0.394 e. The number of piperidine rings is 1. The van der Waals surface area contributed by atoms with Crippen LogP contribution in [0.3, 0.4) is 0 Å². The number of ether oxygens (including phenoxy) is 4. The van der Waals surface area contributed by atoms with Crippen molar-refractivity contribution < 1.29 is 59.5 Å². The fourth-order valence-electron chi connectivity index (χ4n) is 6.95. The average Bonchev–Trinajstić information content (AvgIpc) is 3.56. The third-order valence-corrected chi connectivity index (χ3v) is 10.1. The molecule has 0 aromatic rings. The van der Waals surface area contributed by atoms with E-state index in [1.807, 2.05) is 0 Å². The Hall–Kier alpha value is -1.21. The number of nitrogens with two attached hydrogens (primary N) is 4. The Morgan fingerprint density at radius 3 is 2.31 bits per heavy atom. The Morgan fingerprint density at radius 2 is 1.65 bits per heavy atom. The van der Waals surface area contributed by atoms with Gasteiger partial charge in [0.25, 0.3) is 0 Å². The van der Waals surface area contributed by atoms with Crippen molar-refractivity contribution in [1.29, 1.82) is 0 Å². The molecule has 5 fully saturated rings. The number of hydrogen-bond donors (Lipinski definition) is 14. The number of aliphatic hydroxyl groups excluding tert-OH is 6. The van der Waals surface area contributed by atoms with Crippen LogP contribution in [-0.4, -0.2) is 179 Å². The summed E-state index contributed by atoms with van der Waals surface area (Å²) in [5.41, 5.74) is 21.4. The summed E-state index contributed by atoms with van der Waals surface area (Å²) < 4.78 is 21.8. The monoisotopic (exact) mass is 753 g/mol. The van der Waals surface area contributed by atoms with E-state index in [0.29, 0.717) is 38.8 Å². The summed E-state index contributed by atoms with van der Waals surface area (Å²) in [6.07, 6.45) is 0.0130. The molecule has 19 nitrogen and oxygen atoms in total. The molecule has 1 saturated carbocycles. The van der Waals surface area contributed by atoms with E-state index in [0.717, 1.165) is 45.2 Å². The van der Waals surface area contributed by atoms with E-state index in [4.69, 9.17) is 47.0 Å². The van der Waals surface area contributed by atoms with Gasteiger partial charge in [0.1, 0.15) is 18.3 Å². The topological polar surface area (TPSA) is 336 Å². The molecule has 0 aromatic carbocycles. The highest BCUT2D eigenvalue weighted by Gasteiger charge is 2.38. The number of nitrogens with one attached hydrogen (secondary N) is 3. The number of carbonyl (C=O) groups is 1. The van der Waals surface area contributed by atoms with Gasteiger partial charge in [0, 0.05) is 51.0 Å². The minimum Gasteiger partial charge on any atom is -0.394 e. The van der Waals surface area contributed by atoms with Crippen molar-refractivity contribution in [2.24, 2.45) is 22.9 Å². The number of rotatable bonds is 12. The van der Waals surface area contributed by atoms with Gasteiger partial charge in [-0.15, -0.1) is 0 Å². The first-order valence-electron chi connectivity index (χ1n) is 18.7. The fraction of sp³-hybridized carbons (Fsp3) is 0.970. The highest BCUT2D eigenvalue weighted by atomic mass is 16.7. The standard InChI is InChI=1S/C15H29N3O4.C12H24N2O5.C6H14N2O3/c16-5-1-2-14(20)18-11-6-10(17)7-13(8-11)22-15-4-3-12(9-19)21-15;15-8-5-10(16)19-9(11(8)17)6-14-7-12(18)1-3-13-4-2-12;7-1-4-6(10)5(9)3(8)2-11-4/h10-13,15,19H,1-9,16-17H2,(H,18,20);8-11,13-18H,1-7H2;3-6,9-10H,1-2,7-8H2/t;8?,9?,10-,11-;3-,4-,5?,6+/m.00/s1. The Balaban J connectivity index is 0.000000222. The van der Waals surface area contributed by atoms with Crippen LogP contribution in [0.5, 0.6) is 0 Å². The fourth-order valence-corrected chi connectivity index (χ4v) is 6.95. The maximum atomic E-state index is 11.8. The first kappa shape index (κ1) is 45.2. The van der Waals surface area contributed by atoms with E-state index in [9.17, 15) is 35.4 Å². The van der Waals surface area contributed by atoms with Gasteiger partial charge in [-0.2, -0.15) is 0 Å². The summed E-state index contributed by atoms with van der Waals surface area (Å²) in [6.45, 7) is 3.28. The van der Waals surface area contributed by atoms with Crippen molar-refractivity contribution in [2.75, 3.05) is 52.5 Å². The quantitative estimate of drug-likeness (QED) is 0.0884. The van der Waals surface area contributed by atoms with E-state index < -0.39 is 54.6 Å². The molecule has 4 heterocycles. The molecule has 5 rings (SSSR count). The molecule has 0 radical (unpaired) electrons. The van der Waals surface area contributed by atoms with Gasteiger partial charge < -0.3 is 93.6 Å². The summed E-state index contributed by atoms with van der Waals surface area (Å²) >= 11 is 0. The average molecular weight is 754 g/mol. The van der Waals surface area contributed by atoms with Crippen LogP contribution >= 0.6 is 0 Å². The molecule has 4 saturated heterocycles. The normalized spacial score (nSPS) is 39.0.